The number of likely N-dealkylation sites (N-methyl/N-ethyl adjacent to an activating group) is 1. The first-order chi connectivity index (χ1) is 14.9. The summed E-state index contributed by atoms with van der Waals surface area (Å²) in [5.41, 5.74) is 1.53. The van der Waals surface area contributed by atoms with Crippen LogP contribution in [0.4, 0.5) is 0 Å². The number of Topliss-reactive ketones (excluding diaryl/α,β-unsaturated/α-hetero) is 1. The summed E-state index contributed by atoms with van der Waals surface area (Å²) in [6.07, 6.45) is 2.31. The van der Waals surface area contributed by atoms with E-state index in [-0.39, 0.29) is 17.4 Å². The van der Waals surface area contributed by atoms with E-state index < -0.39 is 17.7 Å². The molecule has 1 aromatic carbocycles. The van der Waals surface area contributed by atoms with Gasteiger partial charge in [-0.05, 0) is 55.9 Å². The number of likely N-dealkylation sites (tertiary alicyclic amines) is 1. The summed E-state index contributed by atoms with van der Waals surface area (Å²) < 4.78 is 11.3. The Kier molecular flexibility index (Phi) is 5.87. The van der Waals surface area contributed by atoms with Gasteiger partial charge in [0.05, 0.1) is 11.8 Å². The number of hydrogen-bond donors (Lipinski definition) is 1. The fourth-order valence-electron chi connectivity index (χ4n) is 4.37. The topological polar surface area (TPSA) is 83.2 Å². The predicted octanol–water partition coefficient (Wildman–Crippen LogP) is 3.37. The van der Waals surface area contributed by atoms with Crippen LogP contribution in [0.3, 0.4) is 0 Å². The molecule has 1 N–H and O–H groups in total. The molecule has 0 spiro atoms. The molecule has 31 heavy (non-hydrogen) atoms. The Hall–Kier alpha value is -3.06. The first-order valence-corrected chi connectivity index (χ1v) is 10.8. The molecule has 1 aromatic heterocycles. The largest absolute Gasteiger partial charge is 0.507 e. The summed E-state index contributed by atoms with van der Waals surface area (Å²) in [7, 11) is 0. The molecule has 2 aliphatic rings. The van der Waals surface area contributed by atoms with Crippen LogP contribution >= 0.6 is 0 Å². The summed E-state index contributed by atoms with van der Waals surface area (Å²) in [6.45, 7) is 8.79. The van der Waals surface area contributed by atoms with Gasteiger partial charge in [0.15, 0.2) is 0 Å². The zero-order valence-electron chi connectivity index (χ0n) is 18.1. The highest BCUT2D eigenvalue weighted by molar-refractivity contribution is 6.46. The van der Waals surface area contributed by atoms with Crippen molar-refractivity contribution in [3.63, 3.8) is 0 Å². The van der Waals surface area contributed by atoms with E-state index >= 15 is 0 Å². The number of fused-ring (bicyclic) bond motifs is 1. The van der Waals surface area contributed by atoms with Crippen LogP contribution < -0.4 is 4.74 Å². The first-order valence-electron chi connectivity index (χ1n) is 10.8. The number of amides is 1. The second-order valence-electron chi connectivity index (χ2n) is 7.99. The maximum Gasteiger partial charge on any atom is 0.295 e. The van der Waals surface area contributed by atoms with Crippen molar-refractivity contribution < 1.29 is 23.8 Å². The van der Waals surface area contributed by atoms with Crippen LogP contribution in [0.2, 0.25) is 0 Å². The number of carbonyl (C=O) groups excluding carboxylic acids is 2. The predicted molar refractivity (Wildman–Crippen MR) is 116 cm³/mol. The first kappa shape index (κ1) is 21.2. The van der Waals surface area contributed by atoms with Crippen molar-refractivity contribution in [3.8, 4) is 5.75 Å². The highest BCUT2D eigenvalue weighted by Gasteiger charge is 2.47. The molecule has 7 nitrogen and oxygen atoms in total. The van der Waals surface area contributed by atoms with E-state index in [2.05, 4.69) is 18.7 Å². The van der Waals surface area contributed by atoms with Crippen molar-refractivity contribution in [1.82, 2.24) is 9.80 Å². The molecule has 1 fully saturated rings. The number of ketones is 1. The molecule has 2 aromatic rings. The molecule has 0 radical (unpaired) electrons. The molecular formula is C24H28N2O5. The van der Waals surface area contributed by atoms with E-state index in [1.807, 2.05) is 13.0 Å². The monoisotopic (exact) mass is 424 g/mol. The number of aliphatic hydroxyl groups excluding tert-OH is 1. The number of furan rings is 1. The second-order valence-corrected chi connectivity index (χ2v) is 7.99. The quantitative estimate of drug-likeness (QED) is 0.417. The van der Waals surface area contributed by atoms with Gasteiger partial charge >= 0.3 is 0 Å². The summed E-state index contributed by atoms with van der Waals surface area (Å²) >= 11 is 0. The number of rotatable bonds is 7. The minimum absolute atomic E-state index is 0.0615. The van der Waals surface area contributed by atoms with E-state index in [0.717, 1.165) is 30.8 Å². The number of ether oxygens (including phenoxy) is 1. The van der Waals surface area contributed by atoms with Gasteiger partial charge in [-0.25, -0.2) is 0 Å². The minimum Gasteiger partial charge on any atom is -0.507 e. The number of hydrogen-bond acceptors (Lipinski definition) is 6. The fourth-order valence-corrected chi connectivity index (χ4v) is 4.37. The van der Waals surface area contributed by atoms with Gasteiger partial charge in [0, 0.05) is 25.1 Å². The van der Waals surface area contributed by atoms with Crippen molar-refractivity contribution in [3.05, 3.63) is 59.1 Å². The summed E-state index contributed by atoms with van der Waals surface area (Å²) in [5, 5.41) is 11.1. The Bertz CT molecular complexity index is 1010. The van der Waals surface area contributed by atoms with Crippen LogP contribution in [0.25, 0.3) is 5.76 Å². The molecule has 1 saturated heterocycles. The zero-order valence-corrected chi connectivity index (χ0v) is 18.1. The van der Waals surface area contributed by atoms with E-state index in [9.17, 15) is 14.7 Å². The maximum atomic E-state index is 13.0. The SMILES string of the molecule is CCN(CC)CCN1C(=O)C(=O)C(=C(O)c2ccc3c(c2)C[C@@H](C)O3)[C@@H]1c1ccco1. The van der Waals surface area contributed by atoms with Crippen molar-refractivity contribution in [2.45, 2.75) is 39.3 Å². The molecular weight excluding hydrogens is 396 g/mol. The van der Waals surface area contributed by atoms with Gasteiger partial charge in [0.1, 0.15) is 29.4 Å². The Labute approximate surface area is 181 Å². The molecule has 3 heterocycles. The van der Waals surface area contributed by atoms with Crippen molar-refractivity contribution >= 4 is 17.4 Å². The van der Waals surface area contributed by atoms with Crippen LogP contribution in [0.5, 0.6) is 5.75 Å². The minimum atomic E-state index is -0.756. The van der Waals surface area contributed by atoms with E-state index in [1.165, 1.54) is 11.2 Å². The number of nitrogens with zero attached hydrogens (tertiary/aromatic N) is 2. The molecule has 2 atom stereocenters. The molecule has 0 unspecified atom stereocenters. The summed E-state index contributed by atoms with van der Waals surface area (Å²) in [4.78, 5) is 29.6. The summed E-state index contributed by atoms with van der Waals surface area (Å²) in [5.74, 6) is -0.256. The Balaban J connectivity index is 1.74. The lowest BCUT2D eigenvalue weighted by molar-refractivity contribution is -0.140. The molecule has 4 rings (SSSR count). The Morgan fingerprint density at radius 2 is 2.00 bits per heavy atom. The molecule has 2 aliphatic heterocycles. The average molecular weight is 424 g/mol. The lowest BCUT2D eigenvalue weighted by Gasteiger charge is -2.26. The smallest absolute Gasteiger partial charge is 0.295 e. The van der Waals surface area contributed by atoms with E-state index in [4.69, 9.17) is 9.15 Å². The van der Waals surface area contributed by atoms with Gasteiger partial charge in [-0.1, -0.05) is 13.8 Å². The van der Waals surface area contributed by atoms with Crippen LogP contribution in [-0.2, 0) is 16.0 Å². The summed E-state index contributed by atoms with van der Waals surface area (Å²) in [6, 6.07) is 8.03. The molecule has 0 bridgehead atoms. The van der Waals surface area contributed by atoms with Crippen molar-refractivity contribution in [2.75, 3.05) is 26.2 Å². The van der Waals surface area contributed by atoms with Gasteiger partial charge < -0.3 is 24.1 Å². The third-order valence-electron chi connectivity index (χ3n) is 6.07. The fraction of sp³-hybridized carbons (Fsp3) is 0.417. The van der Waals surface area contributed by atoms with Gasteiger partial charge in [0.2, 0.25) is 0 Å². The van der Waals surface area contributed by atoms with Gasteiger partial charge in [-0.3, -0.25) is 9.59 Å². The van der Waals surface area contributed by atoms with E-state index in [0.29, 0.717) is 24.4 Å². The lowest BCUT2D eigenvalue weighted by atomic mass is 9.97. The maximum absolute atomic E-state index is 13.0. The van der Waals surface area contributed by atoms with Gasteiger partial charge in [-0.2, -0.15) is 0 Å². The van der Waals surface area contributed by atoms with Crippen LogP contribution in [0.15, 0.2) is 46.6 Å². The van der Waals surface area contributed by atoms with E-state index in [1.54, 1.807) is 24.3 Å². The molecule has 7 heteroatoms. The number of aliphatic hydroxyl groups is 1. The molecule has 1 amide bonds. The van der Waals surface area contributed by atoms with Gasteiger partial charge in [-0.15, -0.1) is 0 Å². The Morgan fingerprint density at radius 3 is 2.68 bits per heavy atom. The third kappa shape index (κ3) is 3.85. The van der Waals surface area contributed by atoms with Crippen LogP contribution in [0.1, 0.15) is 43.7 Å². The zero-order chi connectivity index (χ0) is 22.1. The highest BCUT2D eigenvalue weighted by atomic mass is 16.5. The van der Waals surface area contributed by atoms with Crippen molar-refractivity contribution in [1.29, 1.82) is 0 Å². The van der Waals surface area contributed by atoms with Crippen molar-refractivity contribution in [2.24, 2.45) is 0 Å². The number of benzene rings is 1. The lowest BCUT2D eigenvalue weighted by Crippen LogP contribution is -2.37. The second kappa shape index (κ2) is 8.59. The van der Waals surface area contributed by atoms with Crippen LogP contribution in [-0.4, -0.2) is 58.9 Å². The Morgan fingerprint density at radius 1 is 1.23 bits per heavy atom. The average Bonchev–Trinajstić information content (AvgIpc) is 3.47. The molecule has 0 aliphatic carbocycles. The normalized spacial score (nSPS) is 22.3. The molecule has 164 valence electrons. The standard InChI is InChI=1S/C24H28N2O5/c1-4-25(5-2)10-11-26-21(19-7-6-12-30-19)20(23(28)24(26)29)22(27)16-8-9-18-17(14-16)13-15(3)31-18/h6-9,12,14-15,21,27H,4-5,10-11,13H2,1-3H3/t15-,21+/m1/s1. The highest BCUT2D eigenvalue weighted by Crippen LogP contribution is 2.40. The third-order valence-corrected chi connectivity index (χ3v) is 6.07. The van der Waals surface area contributed by atoms with Crippen LogP contribution in [0, 0.1) is 0 Å². The molecule has 0 saturated carbocycles. The van der Waals surface area contributed by atoms with Gasteiger partial charge in [0.25, 0.3) is 11.7 Å². The number of carbonyl (C=O) groups is 2.